The number of halogens is 1. The van der Waals surface area contributed by atoms with E-state index in [0.29, 0.717) is 37.5 Å². The van der Waals surface area contributed by atoms with Gasteiger partial charge in [0.2, 0.25) is 12.1 Å². The van der Waals surface area contributed by atoms with Gasteiger partial charge in [-0.3, -0.25) is 9.59 Å². The second kappa shape index (κ2) is 14.2. The fourth-order valence-electron chi connectivity index (χ4n) is 3.75. The molecule has 33 heavy (non-hydrogen) atoms. The number of hydrogen-bond donors (Lipinski definition) is 4. The van der Waals surface area contributed by atoms with Gasteiger partial charge >= 0.3 is 5.97 Å². The van der Waals surface area contributed by atoms with Crippen molar-refractivity contribution in [2.24, 2.45) is 0 Å². The minimum Gasteiger partial charge on any atom is -0.507 e. The van der Waals surface area contributed by atoms with Gasteiger partial charge in [0, 0.05) is 18.4 Å². The molecule has 0 saturated heterocycles. The number of benzene rings is 1. The number of rotatable bonds is 15. The first-order valence-electron chi connectivity index (χ1n) is 11.4. The molecule has 9 heteroatoms. The average Bonchev–Trinajstić information content (AvgIpc) is 2.78. The third kappa shape index (κ3) is 7.98. The molecule has 0 amide bonds. The van der Waals surface area contributed by atoms with Crippen LogP contribution in [-0.4, -0.2) is 50.9 Å². The van der Waals surface area contributed by atoms with E-state index in [4.69, 9.17) is 16.3 Å². The standard InChI is InChI=1S/C24H35ClO8/c1-4-7-8-9-10-14(11-18(28)24(32)33-19(29)12-15(27)5-2)20-22(30)17(13-26)16(6-3)21(25)23(20)31/h13-15,19,27,29-31H,4-12H2,1-3H3. The number of hydrogen-bond acceptors (Lipinski definition) is 8. The number of aliphatic hydroxyl groups is 2. The smallest absolute Gasteiger partial charge is 0.376 e. The number of esters is 1. The Morgan fingerprint density at radius 1 is 1.06 bits per heavy atom. The lowest BCUT2D eigenvalue weighted by Gasteiger charge is -2.22. The minimum absolute atomic E-state index is 0.0566. The molecule has 1 aromatic rings. The summed E-state index contributed by atoms with van der Waals surface area (Å²) in [6.45, 7) is 5.44. The van der Waals surface area contributed by atoms with Crippen LogP contribution in [0.15, 0.2) is 0 Å². The van der Waals surface area contributed by atoms with Crippen LogP contribution in [0.25, 0.3) is 0 Å². The number of ether oxygens (including phenoxy) is 1. The molecule has 1 aromatic carbocycles. The predicted octanol–water partition coefficient (Wildman–Crippen LogP) is 4.16. The third-order valence-corrected chi connectivity index (χ3v) is 6.10. The van der Waals surface area contributed by atoms with E-state index in [1.54, 1.807) is 13.8 Å². The molecule has 0 spiro atoms. The molecule has 186 valence electrons. The zero-order valence-electron chi connectivity index (χ0n) is 19.5. The Kier molecular flexibility index (Phi) is 12.4. The van der Waals surface area contributed by atoms with E-state index >= 15 is 0 Å². The maximum Gasteiger partial charge on any atom is 0.376 e. The fourth-order valence-corrected chi connectivity index (χ4v) is 4.09. The van der Waals surface area contributed by atoms with Gasteiger partial charge in [0.15, 0.2) is 6.29 Å². The molecular weight excluding hydrogens is 452 g/mol. The number of unbranched alkanes of at least 4 members (excludes halogenated alkanes) is 3. The summed E-state index contributed by atoms with van der Waals surface area (Å²) in [6.07, 6.45) is 1.66. The number of aromatic hydroxyl groups is 2. The predicted molar refractivity (Wildman–Crippen MR) is 124 cm³/mol. The van der Waals surface area contributed by atoms with Crippen molar-refractivity contribution >= 4 is 29.6 Å². The third-order valence-electron chi connectivity index (χ3n) is 5.70. The van der Waals surface area contributed by atoms with E-state index in [-0.39, 0.29) is 22.6 Å². The molecule has 1 rings (SSSR count). The van der Waals surface area contributed by atoms with E-state index in [1.165, 1.54) is 0 Å². The summed E-state index contributed by atoms with van der Waals surface area (Å²) < 4.78 is 4.73. The monoisotopic (exact) mass is 486 g/mol. The number of phenols is 2. The van der Waals surface area contributed by atoms with Crippen molar-refractivity contribution in [3.63, 3.8) is 0 Å². The summed E-state index contributed by atoms with van der Waals surface area (Å²) in [5.41, 5.74) is 0.172. The van der Waals surface area contributed by atoms with Crippen molar-refractivity contribution in [3.8, 4) is 11.5 Å². The molecule has 0 saturated carbocycles. The zero-order chi connectivity index (χ0) is 25.1. The van der Waals surface area contributed by atoms with Gasteiger partial charge in [0.05, 0.1) is 16.7 Å². The zero-order valence-corrected chi connectivity index (χ0v) is 20.2. The van der Waals surface area contributed by atoms with Crippen LogP contribution in [0.4, 0.5) is 0 Å². The second-order valence-corrected chi connectivity index (χ2v) is 8.50. The van der Waals surface area contributed by atoms with Crippen LogP contribution in [0.2, 0.25) is 5.02 Å². The van der Waals surface area contributed by atoms with E-state index in [1.807, 2.05) is 6.92 Å². The second-order valence-electron chi connectivity index (χ2n) is 8.12. The highest BCUT2D eigenvalue weighted by Gasteiger charge is 2.31. The van der Waals surface area contributed by atoms with Crippen molar-refractivity contribution in [2.45, 2.75) is 96.9 Å². The topological polar surface area (TPSA) is 141 Å². The SMILES string of the molecule is CCCCCCC(CC(=O)C(=O)OC(O)CC(O)CC)c1c(O)c(Cl)c(CC)c(C=O)c1O. The van der Waals surface area contributed by atoms with Crippen LogP contribution in [0, 0.1) is 0 Å². The van der Waals surface area contributed by atoms with Crippen molar-refractivity contribution in [1.29, 1.82) is 0 Å². The summed E-state index contributed by atoms with van der Waals surface area (Å²) in [6, 6.07) is 0. The molecule has 3 atom stereocenters. The first-order valence-corrected chi connectivity index (χ1v) is 11.8. The fraction of sp³-hybridized carbons (Fsp3) is 0.625. The Balaban J connectivity index is 3.22. The first kappa shape index (κ1) is 28.9. The molecule has 0 heterocycles. The van der Waals surface area contributed by atoms with Crippen molar-refractivity contribution in [2.75, 3.05) is 0 Å². The number of Topliss-reactive ketones (excluding diaryl/α,β-unsaturated/α-hetero) is 1. The van der Waals surface area contributed by atoms with Crippen LogP contribution >= 0.6 is 11.6 Å². The van der Waals surface area contributed by atoms with Crippen LogP contribution in [0.3, 0.4) is 0 Å². The lowest BCUT2D eigenvalue weighted by molar-refractivity contribution is -0.176. The minimum atomic E-state index is -1.64. The van der Waals surface area contributed by atoms with Gasteiger partial charge in [-0.1, -0.05) is 58.1 Å². The summed E-state index contributed by atoms with van der Waals surface area (Å²) in [5.74, 6) is -3.94. The van der Waals surface area contributed by atoms with E-state index in [0.717, 1.165) is 19.3 Å². The molecule has 0 aliphatic rings. The number of carbonyl (C=O) groups excluding carboxylic acids is 3. The van der Waals surface area contributed by atoms with Crippen LogP contribution in [0.5, 0.6) is 11.5 Å². The van der Waals surface area contributed by atoms with Gasteiger partial charge in [-0.25, -0.2) is 4.79 Å². The molecule has 4 N–H and O–H groups in total. The first-order chi connectivity index (χ1) is 15.6. The Morgan fingerprint density at radius 2 is 1.73 bits per heavy atom. The summed E-state index contributed by atoms with van der Waals surface area (Å²) in [4.78, 5) is 36.4. The van der Waals surface area contributed by atoms with E-state index in [2.05, 4.69) is 0 Å². The molecule has 8 nitrogen and oxygen atoms in total. The summed E-state index contributed by atoms with van der Waals surface area (Å²) in [5, 5.41) is 40.7. The van der Waals surface area contributed by atoms with Gasteiger partial charge in [-0.2, -0.15) is 0 Å². The normalized spacial score (nSPS) is 13.9. The van der Waals surface area contributed by atoms with Gasteiger partial charge < -0.3 is 25.2 Å². The molecule has 0 fully saturated rings. The van der Waals surface area contributed by atoms with E-state index in [9.17, 15) is 34.8 Å². The van der Waals surface area contributed by atoms with Crippen molar-refractivity contribution in [1.82, 2.24) is 0 Å². The Morgan fingerprint density at radius 3 is 2.27 bits per heavy atom. The lowest BCUT2D eigenvalue weighted by atomic mass is 9.85. The Bertz CT molecular complexity index is 823. The molecule has 0 bridgehead atoms. The number of phenolic OH excluding ortho intramolecular Hbond substituents is 2. The molecule has 0 aliphatic heterocycles. The van der Waals surface area contributed by atoms with Crippen LogP contribution in [-0.2, 0) is 20.7 Å². The Labute approximate surface area is 199 Å². The highest BCUT2D eigenvalue weighted by molar-refractivity contribution is 6.34. The molecule has 0 radical (unpaired) electrons. The number of aldehydes is 1. The summed E-state index contributed by atoms with van der Waals surface area (Å²) in [7, 11) is 0. The highest BCUT2D eigenvalue weighted by Crippen LogP contribution is 2.46. The maximum atomic E-state index is 12.6. The summed E-state index contributed by atoms with van der Waals surface area (Å²) >= 11 is 6.26. The van der Waals surface area contributed by atoms with Gasteiger partial charge in [0.25, 0.3) is 0 Å². The number of aliphatic hydroxyl groups excluding tert-OH is 2. The average molecular weight is 487 g/mol. The lowest BCUT2D eigenvalue weighted by Crippen LogP contribution is -2.28. The van der Waals surface area contributed by atoms with Gasteiger partial charge in [-0.15, -0.1) is 0 Å². The number of ketones is 1. The van der Waals surface area contributed by atoms with Gasteiger partial charge in [-0.05, 0) is 30.7 Å². The molecule has 3 unspecified atom stereocenters. The number of carbonyl (C=O) groups is 3. The highest BCUT2D eigenvalue weighted by atomic mass is 35.5. The Hall–Kier alpha value is -2.16. The largest absolute Gasteiger partial charge is 0.507 e. The quantitative estimate of drug-likeness (QED) is 0.0951. The molecular formula is C24H35ClO8. The van der Waals surface area contributed by atoms with Crippen LogP contribution in [0.1, 0.15) is 99.5 Å². The maximum absolute atomic E-state index is 12.6. The molecule has 0 aromatic heterocycles. The van der Waals surface area contributed by atoms with Gasteiger partial charge in [0.1, 0.15) is 11.5 Å². The molecule has 0 aliphatic carbocycles. The van der Waals surface area contributed by atoms with E-state index < -0.39 is 48.0 Å². The van der Waals surface area contributed by atoms with Crippen LogP contribution < -0.4 is 0 Å². The van der Waals surface area contributed by atoms with Crippen molar-refractivity contribution in [3.05, 3.63) is 21.7 Å². The van der Waals surface area contributed by atoms with Crippen molar-refractivity contribution < 1.29 is 39.5 Å².